The Morgan fingerprint density at radius 3 is 2.09 bits per heavy atom. The predicted octanol–water partition coefficient (Wildman–Crippen LogP) is 5.74. The van der Waals surface area contributed by atoms with Gasteiger partial charge >= 0.3 is 0 Å². The Bertz CT molecular complexity index is 860. The van der Waals surface area contributed by atoms with Crippen LogP contribution in [0.1, 0.15) is 20.8 Å². The molecule has 0 amide bonds. The Labute approximate surface area is 143 Å². The van der Waals surface area contributed by atoms with Crippen LogP contribution in [0, 0.1) is 0 Å². The van der Waals surface area contributed by atoms with Crippen LogP contribution in [0.25, 0.3) is 10.8 Å². The fourth-order valence-electron chi connectivity index (χ4n) is 2.61. The number of hydrogen-bond acceptors (Lipinski definition) is 2. The quantitative estimate of drug-likeness (QED) is 0.563. The van der Waals surface area contributed by atoms with E-state index in [9.17, 15) is 0 Å². The van der Waals surface area contributed by atoms with Crippen molar-refractivity contribution in [3.63, 3.8) is 0 Å². The van der Waals surface area contributed by atoms with E-state index in [1.807, 2.05) is 42.5 Å². The minimum atomic E-state index is -2.25. The lowest BCUT2D eigenvalue weighted by atomic mass is 10.1. The monoisotopic (exact) mass is 340 g/mol. The normalized spacial score (nSPS) is 14.4. The van der Waals surface area contributed by atoms with Gasteiger partial charge in [-0.3, -0.25) is 0 Å². The fraction of sp³-hybridized carbons (Fsp3) is 0.200. The summed E-state index contributed by atoms with van der Waals surface area (Å²) in [5, 5.41) is 3.29. The molecule has 118 valence electrons. The van der Waals surface area contributed by atoms with Crippen LogP contribution in [-0.2, 0) is 11.8 Å². The molecule has 1 atom stereocenters. The molecular formula is C20H21OPS. The third kappa shape index (κ3) is 3.06. The minimum absolute atomic E-state index is 0.124. The molecule has 0 aliphatic rings. The average molecular weight is 340 g/mol. The van der Waals surface area contributed by atoms with Crippen molar-refractivity contribution in [2.45, 2.75) is 25.9 Å². The number of fused-ring (bicyclic) bond motifs is 1. The van der Waals surface area contributed by atoms with Crippen molar-refractivity contribution in [3.8, 4) is 5.75 Å². The summed E-state index contributed by atoms with van der Waals surface area (Å²) in [6, 6.07) is 24.7. The van der Waals surface area contributed by atoms with Crippen LogP contribution in [0.15, 0.2) is 72.8 Å². The first-order chi connectivity index (χ1) is 10.9. The van der Waals surface area contributed by atoms with Gasteiger partial charge in [0.15, 0.2) is 0 Å². The summed E-state index contributed by atoms with van der Waals surface area (Å²) in [6.07, 6.45) is -2.25. The molecule has 0 bridgehead atoms. The summed E-state index contributed by atoms with van der Waals surface area (Å²) in [5.74, 6) is 0.880. The van der Waals surface area contributed by atoms with Crippen LogP contribution in [0.5, 0.6) is 5.75 Å². The molecule has 0 radical (unpaired) electrons. The topological polar surface area (TPSA) is 9.23 Å². The highest BCUT2D eigenvalue weighted by Crippen LogP contribution is 2.58. The van der Waals surface area contributed by atoms with Crippen LogP contribution in [0.4, 0.5) is 0 Å². The number of benzene rings is 3. The highest BCUT2D eigenvalue weighted by molar-refractivity contribution is 8.16. The van der Waals surface area contributed by atoms with Crippen molar-refractivity contribution >= 4 is 34.1 Å². The molecule has 1 nitrogen and oxygen atoms in total. The SMILES string of the molecule is CC(C)(C)P(=S)(Oc1cccc2ccccc12)c1ccccc1. The van der Waals surface area contributed by atoms with Gasteiger partial charge in [0.2, 0.25) is 0 Å². The van der Waals surface area contributed by atoms with E-state index in [1.54, 1.807) is 0 Å². The third-order valence-electron chi connectivity index (χ3n) is 3.96. The van der Waals surface area contributed by atoms with Gasteiger partial charge in [0.1, 0.15) is 12.0 Å². The first-order valence-corrected chi connectivity index (χ1v) is 10.5. The molecule has 0 fully saturated rings. The van der Waals surface area contributed by atoms with Crippen LogP contribution in [0.2, 0.25) is 0 Å². The molecule has 0 saturated heterocycles. The van der Waals surface area contributed by atoms with Crippen molar-refractivity contribution in [3.05, 3.63) is 72.8 Å². The molecule has 0 aromatic heterocycles. The van der Waals surface area contributed by atoms with E-state index < -0.39 is 6.26 Å². The van der Waals surface area contributed by atoms with Gasteiger partial charge in [-0.25, -0.2) is 0 Å². The fourth-order valence-corrected chi connectivity index (χ4v) is 5.38. The second-order valence-electron chi connectivity index (χ2n) is 6.63. The van der Waals surface area contributed by atoms with Gasteiger partial charge in [-0.05, 0) is 23.3 Å². The molecule has 1 unspecified atom stereocenters. The lowest BCUT2D eigenvalue weighted by Crippen LogP contribution is -2.26. The molecule has 3 aromatic rings. The standard InChI is InChI=1S/C20H21OPS/c1-20(2,3)22(23,17-12-5-4-6-13-17)21-19-15-9-11-16-10-7-8-14-18(16)19/h4-15H,1-3H3. The van der Waals surface area contributed by atoms with Crippen LogP contribution in [-0.4, -0.2) is 5.16 Å². The van der Waals surface area contributed by atoms with Gasteiger partial charge in [-0.15, -0.1) is 0 Å². The first kappa shape index (κ1) is 16.2. The van der Waals surface area contributed by atoms with Crippen molar-refractivity contribution in [1.82, 2.24) is 0 Å². The van der Waals surface area contributed by atoms with Crippen LogP contribution in [0.3, 0.4) is 0 Å². The number of rotatable bonds is 3. The van der Waals surface area contributed by atoms with E-state index in [-0.39, 0.29) is 5.16 Å². The summed E-state index contributed by atoms with van der Waals surface area (Å²) in [5.41, 5.74) is 0. The lowest BCUT2D eigenvalue weighted by molar-refractivity contribution is 0.586. The third-order valence-corrected chi connectivity index (χ3v) is 9.65. The Morgan fingerprint density at radius 2 is 1.39 bits per heavy atom. The summed E-state index contributed by atoms with van der Waals surface area (Å²) >= 11 is 6.14. The summed E-state index contributed by atoms with van der Waals surface area (Å²) in [6.45, 7) is 6.52. The van der Waals surface area contributed by atoms with E-state index in [4.69, 9.17) is 16.3 Å². The highest BCUT2D eigenvalue weighted by Gasteiger charge is 2.36. The molecule has 3 rings (SSSR count). The van der Waals surface area contributed by atoms with E-state index in [0.29, 0.717) is 0 Å². The van der Waals surface area contributed by atoms with Crippen molar-refractivity contribution in [1.29, 1.82) is 0 Å². The van der Waals surface area contributed by atoms with Gasteiger partial charge in [0.05, 0.1) is 0 Å². The number of hydrogen-bond donors (Lipinski definition) is 0. The highest BCUT2D eigenvalue weighted by atomic mass is 32.4. The van der Waals surface area contributed by atoms with Gasteiger partial charge in [0, 0.05) is 15.8 Å². The van der Waals surface area contributed by atoms with Crippen LogP contribution >= 0.6 is 6.26 Å². The molecule has 0 aliphatic carbocycles. The zero-order chi connectivity index (χ0) is 16.5. The average Bonchev–Trinajstić information content (AvgIpc) is 2.55. The van der Waals surface area contributed by atoms with Gasteiger partial charge < -0.3 is 4.52 Å². The maximum atomic E-state index is 6.59. The first-order valence-electron chi connectivity index (χ1n) is 7.75. The predicted molar refractivity (Wildman–Crippen MR) is 105 cm³/mol. The molecule has 0 aliphatic heterocycles. The molecule has 0 N–H and O–H groups in total. The van der Waals surface area contributed by atoms with E-state index in [0.717, 1.165) is 16.4 Å². The molecule has 3 heteroatoms. The molecule has 0 saturated carbocycles. The summed E-state index contributed by atoms with van der Waals surface area (Å²) in [7, 11) is 0. The zero-order valence-corrected chi connectivity index (χ0v) is 15.4. The second kappa shape index (κ2) is 6.11. The second-order valence-corrected chi connectivity index (χ2v) is 11.3. The Kier molecular flexibility index (Phi) is 4.31. The van der Waals surface area contributed by atoms with E-state index in [1.165, 1.54) is 5.39 Å². The molecule has 0 heterocycles. The summed E-state index contributed by atoms with van der Waals surface area (Å²) < 4.78 is 6.59. The van der Waals surface area contributed by atoms with Crippen molar-refractivity contribution in [2.75, 3.05) is 0 Å². The smallest absolute Gasteiger partial charge is 0.148 e. The van der Waals surface area contributed by atoms with Crippen LogP contribution < -0.4 is 9.83 Å². The Balaban J connectivity index is 2.15. The maximum absolute atomic E-state index is 6.59. The Morgan fingerprint density at radius 1 is 0.783 bits per heavy atom. The molecule has 3 aromatic carbocycles. The molecular weight excluding hydrogens is 319 g/mol. The van der Waals surface area contributed by atoms with Gasteiger partial charge in [-0.2, -0.15) is 0 Å². The van der Waals surface area contributed by atoms with Gasteiger partial charge in [0.25, 0.3) is 0 Å². The van der Waals surface area contributed by atoms with E-state index >= 15 is 0 Å². The van der Waals surface area contributed by atoms with Gasteiger partial charge in [-0.1, -0.05) is 87.5 Å². The molecule has 23 heavy (non-hydrogen) atoms. The Hall–Kier alpha value is -1.63. The summed E-state index contributed by atoms with van der Waals surface area (Å²) in [4.78, 5) is 0. The zero-order valence-electron chi connectivity index (χ0n) is 13.7. The minimum Gasteiger partial charge on any atom is -0.461 e. The lowest BCUT2D eigenvalue weighted by Gasteiger charge is -2.35. The van der Waals surface area contributed by atoms with Crippen molar-refractivity contribution in [2.24, 2.45) is 0 Å². The van der Waals surface area contributed by atoms with Crippen molar-refractivity contribution < 1.29 is 4.52 Å². The largest absolute Gasteiger partial charge is 0.461 e. The molecule has 0 spiro atoms. The van der Waals surface area contributed by atoms with E-state index in [2.05, 4.69) is 51.1 Å². The maximum Gasteiger partial charge on any atom is 0.148 e.